The summed E-state index contributed by atoms with van der Waals surface area (Å²) in [5, 5.41) is 3.62. The van der Waals surface area contributed by atoms with Crippen LogP contribution in [0.25, 0.3) is 0 Å². The average molecular weight is 353 g/mol. The Labute approximate surface area is 155 Å². The molecule has 0 unspecified atom stereocenters. The summed E-state index contributed by atoms with van der Waals surface area (Å²) in [7, 11) is 0. The van der Waals surface area contributed by atoms with Crippen LogP contribution in [0.15, 0.2) is 48.5 Å². The molecular weight excluding hydrogens is 325 g/mol. The summed E-state index contributed by atoms with van der Waals surface area (Å²) < 4.78 is 14.5. The molecule has 0 bridgehead atoms. The number of nitrogens with zero attached hydrogens (tertiary/aromatic N) is 2. The molecule has 0 saturated carbocycles. The predicted octanol–water partition coefficient (Wildman–Crippen LogP) is 4.18. The van der Waals surface area contributed by atoms with Crippen molar-refractivity contribution < 1.29 is 4.39 Å². The van der Waals surface area contributed by atoms with Crippen LogP contribution < -0.4 is 15.1 Å². The van der Waals surface area contributed by atoms with E-state index in [1.165, 1.54) is 18.5 Å². The van der Waals surface area contributed by atoms with E-state index in [0.29, 0.717) is 12.6 Å². The molecule has 2 aromatic rings. The van der Waals surface area contributed by atoms with Crippen LogP contribution in [0.2, 0.25) is 0 Å². The lowest BCUT2D eigenvalue weighted by Gasteiger charge is -2.34. The molecule has 3 nitrogen and oxygen atoms in total. The van der Waals surface area contributed by atoms with Crippen molar-refractivity contribution in [3.8, 4) is 0 Å². The van der Waals surface area contributed by atoms with Gasteiger partial charge >= 0.3 is 0 Å². The van der Waals surface area contributed by atoms with Crippen LogP contribution in [0.3, 0.4) is 0 Å². The van der Waals surface area contributed by atoms with Crippen LogP contribution in [0.1, 0.15) is 31.2 Å². The first-order valence-electron chi connectivity index (χ1n) is 9.87. The molecule has 2 saturated heterocycles. The molecule has 0 spiro atoms. The monoisotopic (exact) mass is 353 g/mol. The second-order valence-corrected chi connectivity index (χ2v) is 7.41. The molecule has 4 heteroatoms. The van der Waals surface area contributed by atoms with Gasteiger partial charge in [-0.3, -0.25) is 0 Å². The largest absolute Gasteiger partial charge is 0.371 e. The van der Waals surface area contributed by atoms with Crippen molar-refractivity contribution in [2.45, 2.75) is 38.3 Å². The molecule has 26 heavy (non-hydrogen) atoms. The molecular formula is C22H28FN3. The van der Waals surface area contributed by atoms with Gasteiger partial charge in [0.25, 0.3) is 0 Å². The number of rotatable bonds is 5. The Balaban J connectivity index is 1.35. The molecule has 1 N–H and O–H groups in total. The second-order valence-electron chi connectivity index (χ2n) is 7.41. The van der Waals surface area contributed by atoms with Gasteiger partial charge in [-0.25, -0.2) is 4.39 Å². The van der Waals surface area contributed by atoms with Gasteiger partial charge in [0.15, 0.2) is 0 Å². The van der Waals surface area contributed by atoms with Gasteiger partial charge in [0.1, 0.15) is 5.82 Å². The highest BCUT2D eigenvalue weighted by Crippen LogP contribution is 2.27. The minimum atomic E-state index is -0.0800. The van der Waals surface area contributed by atoms with E-state index in [-0.39, 0.29) is 5.82 Å². The molecule has 0 aliphatic carbocycles. The molecule has 0 radical (unpaired) electrons. The van der Waals surface area contributed by atoms with E-state index in [9.17, 15) is 4.39 Å². The molecule has 2 aromatic carbocycles. The van der Waals surface area contributed by atoms with Crippen LogP contribution in [-0.4, -0.2) is 32.2 Å². The first-order valence-corrected chi connectivity index (χ1v) is 9.87. The molecule has 0 amide bonds. The molecule has 2 aliphatic rings. The van der Waals surface area contributed by atoms with Gasteiger partial charge in [-0.05, 0) is 49.9 Å². The van der Waals surface area contributed by atoms with Crippen molar-refractivity contribution in [1.82, 2.24) is 5.32 Å². The Morgan fingerprint density at radius 2 is 1.58 bits per heavy atom. The van der Waals surface area contributed by atoms with Crippen LogP contribution in [0, 0.1) is 5.82 Å². The lowest BCUT2D eigenvalue weighted by atomic mass is 10.0. The van der Waals surface area contributed by atoms with Gasteiger partial charge < -0.3 is 15.1 Å². The normalized spacial score (nSPS) is 18.5. The maximum atomic E-state index is 14.5. The van der Waals surface area contributed by atoms with E-state index < -0.39 is 0 Å². The summed E-state index contributed by atoms with van der Waals surface area (Å²) in [5.41, 5.74) is 3.22. The summed E-state index contributed by atoms with van der Waals surface area (Å²) in [6, 6.07) is 16.6. The van der Waals surface area contributed by atoms with Crippen molar-refractivity contribution in [3.05, 3.63) is 59.9 Å². The van der Waals surface area contributed by atoms with Crippen molar-refractivity contribution in [2.24, 2.45) is 0 Å². The Kier molecular flexibility index (Phi) is 5.40. The molecule has 0 atom stereocenters. The quantitative estimate of drug-likeness (QED) is 0.870. The zero-order chi connectivity index (χ0) is 17.8. The number of hydrogen-bond acceptors (Lipinski definition) is 3. The molecule has 2 heterocycles. The number of piperidine rings is 1. The zero-order valence-corrected chi connectivity index (χ0v) is 15.3. The summed E-state index contributed by atoms with van der Waals surface area (Å²) in [5.74, 6) is -0.0800. The Morgan fingerprint density at radius 1 is 0.846 bits per heavy atom. The van der Waals surface area contributed by atoms with E-state index >= 15 is 0 Å². The van der Waals surface area contributed by atoms with E-state index in [2.05, 4.69) is 51.5 Å². The third-order valence-corrected chi connectivity index (χ3v) is 5.72. The van der Waals surface area contributed by atoms with Crippen molar-refractivity contribution >= 4 is 11.4 Å². The molecule has 138 valence electrons. The predicted molar refractivity (Wildman–Crippen MR) is 106 cm³/mol. The van der Waals surface area contributed by atoms with Gasteiger partial charge in [0.2, 0.25) is 0 Å². The lowest BCUT2D eigenvalue weighted by molar-refractivity contribution is 0.410. The highest BCUT2D eigenvalue weighted by Gasteiger charge is 2.21. The summed E-state index contributed by atoms with van der Waals surface area (Å²) >= 11 is 0. The van der Waals surface area contributed by atoms with E-state index in [4.69, 9.17) is 0 Å². The molecule has 2 fully saturated rings. The van der Waals surface area contributed by atoms with Crippen molar-refractivity contribution in [1.29, 1.82) is 0 Å². The van der Waals surface area contributed by atoms with E-state index in [1.54, 1.807) is 6.07 Å². The standard InChI is InChI=1S/C22H28FN3/c23-21-9-6-10-22(26-13-4-5-14-26)20(21)17-24-18-11-15-25(16-12-18)19-7-2-1-3-8-19/h1-3,6-10,18,24H,4-5,11-17H2. The summed E-state index contributed by atoms with van der Waals surface area (Å²) in [4.78, 5) is 4.77. The first kappa shape index (κ1) is 17.3. The number of nitrogens with one attached hydrogen (secondary N) is 1. The summed E-state index contributed by atoms with van der Waals surface area (Å²) in [6.07, 6.45) is 4.62. The first-order chi connectivity index (χ1) is 12.8. The van der Waals surface area contributed by atoms with Crippen LogP contribution in [-0.2, 0) is 6.54 Å². The second kappa shape index (κ2) is 8.09. The lowest BCUT2D eigenvalue weighted by Crippen LogP contribution is -2.42. The highest BCUT2D eigenvalue weighted by molar-refractivity contribution is 5.55. The van der Waals surface area contributed by atoms with Crippen LogP contribution in [0.4, 0.5) is 15.8 Å². The molecule has 0 aromatic heterocycles. The highest BCUT2D eigenvalue weighted by atomic mass is 19.1. The average Bonchev–Trinajstić information content (AvgIpc) is 3.23. The number of benzene rings is 2. The van der Waals surface area contributed by atoms with E-state index in [0.717, 1.165) is 50.3 Å². The maximum Gasteiger partial charge on any atom is 0.129 e. The van der Waals surface area contributed by atoms with Crippen LogP contribution >= 0.6 is 0 Å². The summed E-state index contributed by atoms with van der Waals surface area (Å²) in [6.45, 7) is 4.82. The number of para-hydroxylation sites is 1. The Bertz CT molecular complexity index is 705. The number of halogens is 1. The number of anilines is 2. The van der Waals surface area contributed by atoms with Crippen molar-refractivity contribution in [3.63, 3.8) is 0 Å². The maximum absolute atomic E-state index is 14.5. The fourth-order valence-electron chi connectivity index (χ4n) is 4.20. The van der Waals surface area contributed by atoms with E-state index in [1.807, 2.05) is 6.07 Å². The van der Waals surface area contributed by atoms with Gasteiger partial charge in [-0.2, -0.15) is 0 Å². The fourth-order valence-corrected chi connectivity index (χ4v) is 4.20. The van der Waals surface area contributed by atoms with Gasteiger partial charge in [-0.15, -0.1) is 0 Å². The van der Waals surface area contributed by atoms with Gasteiger partial charge in [0.05, 0.1) is 0 Å². The molecule has 2 aliphatic heterocycles. The fraction of sp³-hybridized carbons (Fsp3) is 0.455. The van der Waals surface area contributed by atoms with Gasteiger partial charge in [0, 0.05) is 55.7 Å². The smallest absolute Gasteiger partial charge is 0.129 e. The van der Waals surface area contributed by atoms with Gasteiger partial charge in [-0.1, -0.05) is 24.3 Å². The molecule has 4 rings (SSSR count). The Hall–Kier alpha value is -2.07. The topological polar surface area (TPSA) is 18.5 Å². The minimum Gasteiger partial charge on any atom is -0.371 e. The SMILES string of the molecule is Fc1cccc(N2CCCC2)c1CNC1CCN(c2ccccc2)CC1. The number of hydrogen-bond donors (Lipinski definition) is 1. The third-order valence-electron chi connectivity index (χ3n) is 5.72. The van der Waals surface area contributed by atoms with Crippen LogP contribution in [0.5, 0.6) is 0 Å². The minimum absolute atomic E-state index is 0.0800. The van der Waals surface area contributed by atoms with Crippen molar-refractivity contribution in [2.75, 3.05) is 36.0 Å². The third kappa shape index (κ3) is 3.85. The zero-order valence-electron chi connectivity index (χ0n) is 15.3. The Morgan fingerprint density at radius 3 is 2.31 bits per heavy atom.